The number of hydrogen-bond acceptors (Lipinski definition) is 7. The fraction of sp³-hybridized carbons (Fsp3) is 0.333. The van der Waals surface area contributed by atoms with Crippen molar-refractivity contribution in [1.82, 2.24) is 0 Å². The van der Waals surface area contributed by atoms with E-state index in [0.29, 0.717) is 28.6 Å². The Morgan fingerprint density at radius 2 is 1.70 bits per heavy atom. The maximum atomic E-state index is 13.7. The van der Waals surface area contributed by atoms with Crippen LogP contribution in [0.4, 0.5) is 10.7 Å². The van der Waals surface area contributed by atoms with Gasteiger partial charge >= 0.3 is 5.97 Å². The monoisotopic (exact) mass is 542 g/mol. The predicted octanol–water partition coefficient (Wildman–Crippen LogP) is 4.95. The van der Waals surface area contributed by atoms with Gasteiger partial charge in [-0.05, 0) is 81.5 Å². The molecule has 1 aromatic heterocycles. The Bertz CT molecular complexity index is 1380. The number of thiophene rings is 1. The standard InChI is InChI=1S/C27H30N2O6S2/c1-4-35-20-13-15-21(16-14-20)37(32,33)29(19-11-9-18(2)10-12-19)17-24(30)28-26-25(27(31)34-3)22-7-5-6-8-23(22)36-26/h9-16H,4-8,17H2,1-3H3,(H,28,30). The molecule has 0 atom stereocenters. The third-order valence-corrected chi connectivity index (χ3v) is 9.14. The average Bonchev–Trinajstić information content (AvgIpc) is 3.25. The van der Waals surface area contributed by atoms with Gasteiger partial charge in [-0.15, -0.1) is 11.3 Å². The van der Waals surface area contributed by atoms with E-state index >= 15 is 0 Å². The molecule has 1 amide bonds. The quantitative estimate of drug-likeness (QED) is 0.384. The lowest BCUT2D eigenvalue weighted by atomic mass is 9.95. The number of amides is 1. The highest BCUT2D eigenvalue weighted by Gasteiger charge is 2.30. The number of hydrogen-bond donors (Lipinski definition) is 1. The number of nitrogens with one attached hydrogen (secondary N) is 1. The van der Waals surface area contributed by atoms with Crippen molar-refractivity contribution in [3.63, 3.8) is 0 Å². The summed E-state index contributed by atoms with van der Waals surface area (Å²) < 4.78 is 38.9. The first kappa shape index (κ1) is 26.7. The summed E-state index contributed by atoms with van der Waals surface area (Å²) >= 11 is 1.35. The van der Waals surface area contributed by atoms with Gasteiger partial charge in [0.15, 0.2) is 0 Å². The van der Waals surface area contributed by atoms with Gasteiger partial charge in [-0.1, -0.05) is 17.7 Å². The third kappa shape index (κ3) is 5.80. The molecule has 196 valence electrons. The number of aryl methyl sites for hydroxylation is 2. The molecule has 4 rings (SSSR count). The summed E-state index contributed by atoms with van der Waals surface area (Å²) in [6, 6.07) is 13.0. The van der Waals surface area contributed by atoms with Gasteiger partial charge in [0, 0.05) is 4.88 Å². The van der Waals surface area contributed by atoms with Crippen LogP contribution in [-0.4, -0.2) is 40.6 Å². The highest BCUT2D eigenvalue weighted by molar-refractivity contribution is 7.92. The van der Waals surface area contributed by atoms with Crippen LogP contribution >= 0.6 is 11.3 Å². The molecule has 1 aliphatic rings. The topological polar surface area (TPSA) is 102 Å². The Morgan fingerprint density at radius 1 is 1.03 bits per heavy atom. The van der Waals surface area contributed by atoms with Gasteiger partial charge in [0.1, 0.15) is 17.3 Å². The SMILES string of the molecule is CCOc1ccc(S(=O)(=O)N(CC(=O)Nc2sc3c(c2C(=O)OC)CCCC3)c2ccc(C)cc2)cc1. The number of methoxy groups -OCH3 is 1. The number of benzene rings is 2. The summed E-state index contributed by atoms with van der Waals surface area (Å²) in [7, 11) is -2.78. The van der Waals surface area contributed by atoms with Gasteiger partial charge in [0.2, 0.25) is 5.91 Å². The summed E-state index contributed by atoms with van der Waals surface area (Å²) in [6.07, 6.45) is 3.56. The molecule has 1 heterocycles. The molecule has 0 fully saturated rings. The summed E-state index contributed by atoms with van der Waals surface area (Å²) in [4.78, 5) is 26.9. The van der Waals surface area contributed by atoms with E-state index in [4.69, 9.17) is 9.47 Å². The molecule has 1 aliphatic carbocycles. The Hall–Kier alpha value is -3.37. The van der Waals surface area contributed by atoms with Crippen molar-refractivity contribution in [2.75, 3.05) is 29.9 Å². The van der Waals surface area contributed by atoms with E-state index in [-0.39, 0.29) is 4.90 Å². The number of carbonyl (C=O) groups excluding carboxylic acids is 2. The number of esters is 1. The van der Waals surface area contributed by atoms with Crippen LogP contribution in [0.15, 0.2) is 53.4 Å². The smallest absolute Gasteiger partial charge is 0.341 e. The number of anilines is 2. The van der Waals surface area contributed by atoms with Gasteiger partial charge in [-0.3, -0.25) is 9.10 Å². The van der Waals surface area contributed by atoms with E-state index in [1.54, 1.807) is 36.4 Å². The maximum Gasteiger partial charge on any atom is 0.341 e. The molecule has 0 unspecified atom stereocenters. The van der Waals surface area contributed by atoms with E-state index in [1.807, 2.05) is 13.8 Å². The van der Waals surface area contributed by atoms with Crippen molar-refractivity contribution in [3.05, 3.63) is 70.1 Å². The largest absolute Gasteiger partial charge is 0.494 e. The molecule has 8 nitrogen and oxygen atoms in total. The first-order valence-corrected chi connectivity index (χ1v) is 14.3. The maximum absolute atomic E-state index is 13.7. The van der Waals surface area contributed by atoms with Gasteiger partial charge in [0.05, 0.1) is 29.9 Å². The summed E-state index contributed by atoms with van der Waals surface area (Å²) in [5, 5.41) is 3.19. The zero-order valence-electron chi connectivity index (χ0n) is 21.1. The van der Waals surface area contributed by atoms with Crippen LogP contribution in [-0.2, 0) is 32.4 Å². The van der Waals surface area contributed by atoms with E-state index in [1.165, 1.54) is 30.6 Å². The molecule has 2 aromatic carbocycles. The first-order chi connectivity index (χ1) is 17.7. The van der Waals surface area contributed by atoms with Gasteiger partial charge in [-0.2, -0.15) is 0 Å². The minimum absolute atomic E-state index is 0.0335. The van der Waals surface area contributed by atoms with Gasteiger partial charge in [-0.25, -0.2) is 13.2 Å². The molecule has 0 radical (unpaired) electrons. The van der Waals surface area contributed by atoms with Crippen LogP contribution in [0, 0.1) is 6.92 Å². The molecule has 0 saturated carbocycles. The number of rotatable bonds is 9. The Kier molecular flexibility index (Phi) is 8.19. The molecule has 3 aromatic rings. The van der Waals surface area contributed by atoms with Gasteiger partial charge in [0.25, 0.3) is 10.0 Å². The number of sulfonamides is 1. The number of fused-ring (bicyclic) bond motifs is 1. The van der Waals surface area contributed by atoms with Crippen LogP contribution in [0.5, 0.6) is 5.75 Å². The minimum atomic E-state index is -4.09. The molecule has 0 bridgehead atoms. The van der Waals surface area contributed by atoms with Crippen molar-refractivity contribution >= 4 is 43.9 Å². The lowest BCUT2D eigenvalue weighted by Gasteiger charge is -2.24. The Labute approximate surface area is 221 Å². The number of ether oxygens (including phenoxy) is 2. The van der Waals surface area contributed by atoms with E-state index in [9.17, 15) is 18.0 Å². The molecular weight excluding hydrogens is 512 g/mol. The van der Waals surface area contributed by atoms with Crippen molar-refractivity contribution in [1.29, 1.82) is 0 Å². The molecule has 1 N–H and O–H groups in total. The Morgan fingerprint density at radius 3 is 2.35 bits per heavy atom. The summed E-state index contributed by atoms with van der Waals surface area (Å²) in [6.45, 7) is 3.73. The normalized spacial score (nSPS) is 12.9. The van der Waals surface area contributed by atoms with Crippen LogP contribution < -0.4 is 14.4 Å². The summed E-state index contributed by atoms with van der Waals surface area (Å²) in [5.74, 6) is -0.510. The van der Waals surface area contributed by atoms with Crippen molar-refractivity contribution < 1.29 is 27.5 Å². The lowest BCUT2D eigenvalue weighted by Crippen LogP contribution is -2.38. The van der Waals surface area contributed by atoms with Crippen LogP contribution in [0.25, 0.3) is 0 Å². The molecular formula is C27H30N2O6S2. The van der Waals surface area contributed by atoms with E-state index < -0.39 is 28.4 Å². The average molecular weight is 543 g/mol. The molecule has 0 aliphatic heterocycles. The molecule has 0 saturated heterocycles. The lowest BCUT2D eigenvalue weighted by molar-refractivity contribution is -0.114. The Balaban J connectivity index is 1.66. The number of carbonyl (C=O) groups is 2. The molecule has 0 spiro atoms. The van der Waals surface area contributed by atoms with Crippen molar-refractivity contribution in [3.8, 4) is 5.75 Å². The van der Waals surface area contributed by atoms with Gasteiger partial charge < -0.3 is 14.8 Å². The van der Waals surface area contributed by atoms with Crippen LogP contribution in [0.3, 0.4) is 0 Å². The molecule has 37 heavy (non-hydrogen) atoms. The minimum Gasteiger partial charge on any atom is -0.494 e. The summed E-state index contributed by atoms with van der Waals surface area (Å²) in [5.41, 5.74) is 2.59. The second-order valence-electron chi connectivity index (χ2n) is 8.71. The second kappa shape index (κ2) is 11.4. The fourth-order valence-corrected chi connectivity index (χ4v) is 7.01. The third-order valence-electron chi connectivity index (χ3n) is 6.15. The molecule has 10 heteroatoms. The highest BCUT2D eigenvalue weighted by atomic mass is 32.2. The predicted molar refractivity (Wildman–Crippen MR) is 144 cm³/mol. The zero-order chi connectivity index (χ0) is 26.6. The van der Waals surface area contributed by atoms with Crippen molar-refractivity contribution in [2.24, 2.45) is 0 Å². The van der Waals surface area contributed by atoms with Crippen molar-refractivity contribution in [2.45, 2.75) is 44.4 Å². The van der Waals surface area contributed by atoms with E-state index in [2.05, 4.69) is 5.32 Å². The zero-order valence-corrected chi connectivity index (χ0v) is 22.7. The first-order valence-electron chi connectivity index (χ1n) is 12.1. The number of nitrogens with zero attached hydrogens (tertiary/aromatic N) is 1. The van der Waals surface area contributed by atoms with Crippen LogP contribution in [0.2, 0.25) is 0 Å². The second-order valence-corrected chi connectivity index (χ2v) is 11.7. The highest BCUT2D eigenvalue weighted by Crippen LogP contribution is 2.38. The van der Waals surface area contributed by atoms with E-state index in [0.717, 1.165) is 46.0 Å². The van der Waals surface area contributed by atoms with Crippen LogP contribution in [0.1, 0.15) is 46.1 Å². The fourth-order valence-electron chi connectivity index (χ4n) is 4.30.